The molecule has 0 radical (unpaired) electrons. The molecule has 1 N–H and O–H groups in total. The van der Waals surface area contributed by atoms with Crippen LogP contribution in [0.25, 0.3) is 0 Å². The van der Waals surface area contributed by atoms with Crippen molar-refractivity contribution in [1.82, 2.24) is 0 Å². The zero-order valence-electron chi connectivity index (χ0n) is 11.0. The van der Waals surface area contributed by atoms with Crippen LogP contribution in [0.1, 0.15) is 15.9 Å². The van der Waals surface area contributed by atoms with E-state index in [1.165, 1.54) is 12.1 Å². The zero-order chi connectivity index (χ0) is 14.4. The Morgan fingerprint density at radius 2 is 1.90 bits per heavy atom. The Morgan fingerprint density at radius 1 is 1.15 bits per heavy atom. The molecule has 0 aliphatic rings. The number of benzene rings is 2. The molecule has 0 unspecified atom stereocenters. The Kier molecular flexibility index (Phi) is 4.85. The number of hydrogen-bond donors (Lipinski definition) is 1. The minimum atomic E-state index is -0.445. The van der Waals surface area contributed by atoms with Gasteiger partial charge in [-0.15, -0.1) is 0 Å². The van der Waals surface area contributed by atoms with Gasteiger partial charge in [-0.1, -0.05) is 30.3 Å². The number of anilines is 1. The van der Waals surface area contributed by atoms with E-state index in [2.05, 4.69) is 0 Å². The first-order chi connectivity index (χ1) is 9.74. The van der Waals surface area contributed by atoms with E-state index in [0.29, 0.717) is 25.1 Å². The fraction of sp³-hybridized carbons (Fsp3) is 0.188. The predicted octanol–water partition coefficient (Wildman–Crippen LogP) is 2.64. The molecule has 0 spiro atoms. The summed E-state index contributed by atoms with van der Waals surface area (Å²) in [6.45, 7) is 0.887. The lowest BCUT2D eigenvalue weighted by atomic mass is 10.1. The Morgan fingerprint density at radius 3 is 2.55 bits per heavy atom. The van der Waals surface area contributed by atoms with Gasteiger partial charge in [0.05, 0.1) is 6.61 Å². The van der Waals surface area contributed by atoms with Crippen LogP contribution in [0.4, 0.5) is 10.1 Å². The number of aldehydes is 1. The molecule has 20 heavy (non-hydrogen) atoms. The maximum atomic E-state index is 13.2. The third-order valence-electron chi connectivity index (χ3n) is 3.04. The third kappa shape index (κ3) is 3.42. The number of halogens is 1. The lowest BCUT2D eigenvalue weighted by Crippen LogP contribution is -2.27. The quantitative estimate of drug-likeness (QED) is 0.823. The summed E-state index contributed by atoms with van der Waals surface area (Å²) in [6, 6.07) is 13.8. The Labute approximate surface area is 117 Å². The van der Waals surface area contributed by atoms with Crippen molar-refractivity contribution in [3.63, 3.8) is 0 Å². The summed E-state index contributed by atoms with van der Waals surface area (Å²) in [5, 5.41) is 9.19. The zero-order valence-corrected chi connectivity index (χ0v) is 11.0. The van der Waals surface area contributed by atoms with Crippen LogP contribution in [0.2, 0.25) is 0 Å². The van der Waals surface area contributed by atoms with Gasteiger partial charge in [0, 0.05) is 24.3 Å². The monoisotopic (exact) mass is 273 g/mol. The number of rotatable bonds is 6. The summed E-state index contributed by atoms with van der Waals surface area (Å²) in [7, 11) is 0. The molecule has 2 aromatic carbocycles. The van der Waals surface area contributed by atoms with Crippen LogP contribution in [0.15, 0.2) is 48.5 Å². The van der Waals surface area contributed by atoms with Crippen LogP contribution < -0.4 is 4.90 Å². The van der Waals surface area contributed by atoms with Gasteiger partial charge in [0.25, 0.3) is 0 Å². The first-order valence-corrected chi connectivity index (χ1v) is 6.39. The largest absolute Gasteiger partial charge is 0.395 e. The van der Waals surface area contributed by atoms with E-state index < -0.39 is 5.82 Å². The molecule has 4 heteroatoms. The molecule has 0 heterocycles. The molecule has 0 bridgehead atoms. The van der Waals surface area contributed by atoms with Crippen LogP contribution in [-0.4, -0.2) is 24.5 Å². The van der Waals surface area contributed by atoms with E-state index in [-0.39, 0.29) is 12.2 Å². The fourth-order valence-corrected chi connectivity index (χ4v) is 2.12. The van der Waals surface area contributed by atoms with Crippen molar-refractivity contribution in [2.45, 2.75) is 6.54 Å². The molecule has 0 fully saturated rings. The highest BCUT2D eigenvalue weighted by molar-refractivity contribution is 5.84. The standard InChI is InChI=1S/C16H16FNO2/c17-15-6-7-16(14(10-15)12-20)18(8-9-19)11-13-4-2-1-3-5-13/h1-7,10,12,19H,8-9,11H2. The van der Waals surface area contributed by atoms with Crippen molar-refractivity contribution in [3.8, 4) is 0 Å². The summed E-state index contributed by atoms with van der Waals surface area (Å²) in [6.07, 6.45) is 0.633. The second-order valence-electron chi connectivity index (χ2n) is 4.45. The summed E-state index contributed by atoms with van der Waals surface area (Å²) in [5.74, 6) is -0.445. The summed E-state index contributed by atoms with van der Waals surface area (Å²) in [4.78, 5) is 12.9. The number of nitrogens with zero attached hydrogens (tertiary/aromatic N) is 1. The van der Waals surface area contributed by atoms with Gasteiger partial charge >= 0.3 is 0 Å². The highest BCUT2D eigenvalue weighted by Crippen LogP contribution is 2.22. The molecule has 0 aromatic heterocycles. The van der Waals surface area contributed by atoms with Gasteiger partial charge in [-0.2, -0.15) is 0 Å². The van der Waals surface area contributed by atoms with E-state index in [4.69, 9.17) is 0 Å². The molecule has 0 aliphatic heterocycles. The molecular weight excluding hydrogens is 257 g/mol. The summed E-state index contributed by atoms with van der Waals surface area (Å²) in [5.41, 5.74) is 1.97. The van der Waals surface area contributed by atoms with E-state index in [1.807, 2.05) is 35.2 Å². The number of hydrogen-bond acceptors (Lipinski definition) is 3. The molecule has 0 saturated carbocycles. The Hall–Kier alpha value is -2.20. The van der Waals surface area contributed by atoms with Crippen LogP contribution in [-0.2, 0) is 6.54 Å². The smallest absolute Gasteiger partial charge is 0.152 e. The van der Waals surface area contributed by atoms with Crippen LogP contribution in [0.5, 0.6) is 0 Å². The highest BCUT2D eigenvalue weighted by Gasteiger charge is 2.12. The molecule has 3 nitrogen and oxygen atoms in total. The van der Waals surface area contributed by atoms with Crippen molar-refractivity contribution in [2.24, 2.45) is 0 Å². The van der Waals surface area contributed by atoms with Crippen molar-refractivity contribution in [3.05, 3.63) is 65.5 Å². The second-order valence-corrected chi connectivity index (χ2v) is 4.45. The molecular formula is C16H16FNO2. The van der Waals surface area contributed by atoms with Crippen molar-refractivity contribution in [2.75, 3.05) is 18.1 Å². The lowest BCUT2D eigenvalue weighted by molar-refractivity contribution is 0.112. The number of aliphatic hydroxyl groups excluding tert-OH is 1. The summed E-state index contributed by atoms with van der Waals surface area (Å²) >= 11 is 0. The van der Waals surface area contributed by atoms with Gasteiger partial charge in [-0.3, -0.25) is 4.79 Å². The van der Waals surface area contributed by atoms with Crippen molar-refractivity contribution < 1.29 is 14.3 Å². The third-order valence-corrected chi connectivity index (χ3v) is 3.04. The molecule has 0 atom stereocenters. The van der Waals surface area contributed by atoms with Crippen LogP contribution in [0.3, 0.4) is 0 Å². The van der Waals surface area contributed by atoms with Crippen LogP contribution >= 0.6 is 0 Å². The lowest BCUT2D eigenvalue weighted by Gasteiger charge is -2.25. The number of carbonyl (C=O) groups excluding carboxylic acids is 1. The second kappa shape index (κ2) is 6.82. The van der Waals surface area contributed by atoms with E-state index >= 15 is 0 Å². The molecule has 2 aromatic rings. The number of aliphatic hydroxyl groups is 1. The van der Waals surface area contributed by atoms with Crippen molar-refractivity contribution in [1.29, 1.82) is 0 Å². The summed E-state index contributed by atoms with van der Waals surface area (Å²) < 4.78 is 13.2. The Bertz CT molecular complexity index is 572. The average molecular weight is 273 g/mol. The topological polar surface area (TPSA) is 40.5 Å². The SMILES string of the molecule is O=Cc1cc(F)ccc1N(CCO)Cc1ccccc1. The fourth-order valence-electron chi connectivity index (χ4n) is 2.12. The molecule has 2 rings (SSSR count). The molecule has 0 saturated heterocycles. The van der Waals surface area contributed by atoms with E-state index in [1.54, 1.807) is 6.07 Å². The maximum Gasteiger partial charge on any atom is 0.152 e. The van der Waals surface area contributed by atoms with Gasteiger partial charge in [0.15, 0.2) is 6.29 Å². The molecule has 0 amide bonds. The van der Waals surface area contributed by atoms with Gasteiger partial charge in [0.1, 0.15) is 5.82 Å². The van der Waals surface area contributed by atoms with Crippen molar-refractivity contribution >= 4 is 12.0 Å². The van der Waals surface area contributed by atoms with Gasteiger partial charge in [0.2, 0.25) is 0 Å². The number of carbonyl (C=O) groups is 1. The van der Waals surface area contributed by atoms with Gasteiger partial charge < -0.3 is 10.0 Å². The van der Waals surface area contributed by atoms with Gasteiger partial charge in [-0.25, -0.2) is 4.39 Å². The van der Waals surface area contributed by atoms with Gasteiger partial charge in [-0.05, 0) is 23.8 Å². The normalized spacial score (nSPS) is 10.3. The molecule has 104 valence electrons. The minimum absolute atomic E-state index is 0.0392. The highest BCUT2D eigenvalue weighted by atomic mass is 19.1. The van der Waals surface area contributed by atoms with E-state index in [9.17, 15) is 14.3 Å². The maximum absolute atomic E-state index is 13.2. The first kappa shape index (κ1) is 14.2. The Balaban J connectivity index is 2.31. The van der Waals surface area contributed by atoms with Crippen LogP contribution in [0, 0.1) is 5.82 Å². The molecule has 0 aliphatic carbocycles. The average Bonchev–Trinajstić information content (AvgIpc) is 2.48. The van der Waals surface area contributed by atoms with E-state index in [0.717, 1.165) is 5.56 Å². The minimum Gasteiger partial charge on any atom is -0.395 e. The first-order valence-electron chi connectivity index (χ1n) is 6.39. The predicted molar refractivity (Wildman–Crippen MR) is 76.4 cm³/mol.